The van der Waals surface area contributed by atoms with Crippen molar-refractivity contribution in [3.05, 3.63) is 0 Å². The second-order valence-electron chi connectivity index (χ2n) is 1.34. The quantitative estimate of drug-likeness (QED) is 0.611. The molecule has 2 N–H and O–H groups in total. The van der Waals surface area contributed by atoms with Crippen LogP contribution in [0.4, 0.5) is 0 Å². The Morgan fingerprint density at radius 1 is 1.78 bits per heavy atom. The summed E-state index contributed by atoms with van der Waals surface area (Å²) in [5.41, 5.74) is 0. The Morgan fingerprint density at radius 3 is 2.67 bits per heavy atom. The van der Waals surface area contributed by atoms with Crippen molar-refractivity contribution in [2.24, 2.45) is 0 Å². The minimum Gasteiger partial charge on any atom is -0.481 e. The summed E-state index contributed by atoms with van der Waals surface area (Å²) in [6.45, 7) is 0.163. The van der Waals surface area contributed by atoms with E-state index >= 15 is 0 Å². The monoisotopic (exact) mass is 171 g/mol. The standard InChI is InChI=1S/C3H7ClNO3P/c4-9(8)5-2-1-3(6)7/h9H,1-2H2,(H,5,8)(H,6,7). The summed E-state index contributed by atoms with van der Waals surface area (Å²) in [6.07, 6.45) is -0.0525. The van der Waals surface area contributed by atoms with Gasteiger partial charge in [-0.3, -0.25) is 14.4 Å². The molecule has 9 heavy (non-hydrogen) atoms. The van der Waals surface area contributed by atoms with Gasteiger partial charge in [-0.1, -0.05) is 0 Å². The van der Waals surface area contributed by atoms with Gasteiger partial charge in [0.05, 0.1) is 6.42 Å². The molecule has 0 fully saturated rings. The van der Waals surface area contributed by atoms with Crippen molar-refractivity contribution >= 4 is 24.5 Å². The summed E-state index contributed by atoms with van der Waals surface area (Å²) in [5, 5.41) is 10.4. The average Bonchev–Trinajstić information content (AvgIpc) is 1.63. The molecule has 0 aromatic rings. The summed E-state index contributed by atoms with van der Waals surface area (Å²) in [6, 6.07) is 0. The van der Waals surface area contributed by atoms with Crippen LogP contribution in [0.1, 0.15) is 6.42 Å². The van der Waals surface area contributed by atoms with Crippen LogP contribution in [0.15, 0.2) is 0 Å². The Labute approximate surface area is 57.8 Å². The second kappa shape index (κ2) is 4.79. The Morgan fingerprint density at radius 2 is 2.33 bits per heavy atom. The van der Waals surface area contributed by atoms with Gasteiger partial charge in [-0.2, -0.15) is 0 Å². The first-order valence-corrected chi connectivity index (χ1v) is 4.70. The molecule has 0 amide bonds. The van der Waals surface area contributed by atoms with Crippen molar-refractivity contribution in [1.29, 1.82) is 0 Å². The van der Waals surface area contributed by atoms with Gasteiger partial charge in [0.2, 0.25) is 7.30 Å². The number of nitrogens with one attached hydrogen (secondary N) is 1. The van der Waals surface area contributed by atoms with E-state index in [0.29, 0.717) is 0 Å². The second-order valence-corrected chi connectivity index (χ2v) is 3.28. The lowest BCUT2D eigenvalue weighted by molar-refractivity contribution is -0.136. The summed E-state index contributed by atoms with van der Waals surface area (Å²) >= 11 is 5.00. The largest absolute Gasteiger partial charge is 0.481 e. The molecule has 0 aliphatic carbocycles. The summed E-state index contributed by atoms with van der Waals surface area (Å²) in [4.78, 5) is 9.81. The Hall–Kier alpha value is -0.0500. The minimum absolute atomic E-state index is 0.0525. The van der Waals surface area contributed by atoms with Crippen molar-refractivity contribution in [1.82, 2.24) is 5.09 Å². The van der Waals surface area contributed by atoms with Gasteiger partial charge in [-0.15, -0.1) is 0 Å². The molecule has 1 atom stereocenters. The van der Waals surface area contributed by atoms with Crippen LogP contribution < -0.4 is 5.09 Å². The molecule has 1 unspecified atom stereocenters. The van der Waals surface area contributed by atoms with Crippen molar-refractivity contribution < 1.29 is 14.5 Å². The molecule has 6 heteroatoms. The van der Waals surface area contributed by atoms with E-state index in [-0.39, 0.29) is 13.0 Å². The van der Waals surface area contributed by atoms with E-state index in [1.807, 2.05) is 0 Å². The third-order valence-corrected chi connectivity index (χ3v) is 1.53. The molecule has 4 nitrogen and oxygen atoms in total. The fourth-order valence-corrected chi connectivity index (χ4v) is 0.873. The van der Waals surface area contributed by atoms with Crippen LogP contribution in [-0.2, 0) is 9.36 Å². The molecule has 0 heterocycles. The first kappa shape index (κ1) is 8.95. The normalized spacial score (nSPS) is 13.0. The van der Waals surface area contributed by atoms with E-state index in [2.05, 4.69) is 5.09 Å². The molecular formula is C3H7ClNO3P. The maximum absolute atomic E-state index is 10.1. The van der Waals surface area contributed by atoms with E-state index < -0.39 is 13.3 Å². The van der Waals surface area contributed by atoms with Crippen LogP contribution in [0, 0.1) is 0 Å². The molecule has 0 radical (unpaired) electrons. The van der Waals surface area contributed by atoms with Crippen molar-refractivity contribution in [3.63, 3.8) is 0 Å². The van der Waals surface area contributed by atoms with Crippen LogP contribution in [0.25, 0.3) is 0 Å². The molecule has 54 valence electrons. The molecule has 0 saturated heterocycles. The fraction of sp³-hybridized carbons (Fsp3) is 0.667. The molecule has 0 aromatic heterocycles. The van der Waals surface area contributed by atoms with Crippen LogP contribution in [0.5, 0.6) is 0 Å². The molecule has 0 saturated carbocycles. The third-order valence-electron chi connectivity index (χ3n) is 0.603. The van der Waals surface area contributed by atoms with Gasteiger partial charge in [0.1, 0.15) is 0 Å². The molecule has 0 aliphatic heterocycles. The Bertz CT molecular complexity index is 114. The topological polar surface area (TPSA) is 66.4 Å². The highest BCUT2D eigenvalue weighted by molar-refractivity contribution is 7.72. The SMILES string of the molecule is O=C(O)CCN[PH](=O)Cl. The van der Waals surface area contributed by atoms with E-state index in [0.717, 1.165) is 0 Å². The highest BCUT2D eigenvalue weighted by Gasteiger charge is 1.95. The van der Waals surface area contributed by atoms with Crippen LogP contribution >= 0.6 is 18.5 Å². The highest BCUT2D eigenvalue weighted by Crippen LogP contribution is 2.18. The average molecular weight is 172 g/mol. The predicted molar refractivity (Wildman–Crippen MR) is 35.1 cm³/mol. The number of carboxylic acids is 1. The number of rotatable bonds is 4. The Kier molecular flexibility index (Phi) is 4.77. The van der Waals surface area contributed by atoms with Crippen LogP contribution in [-0.4, -0.2) is 17.6 Å². The maximum atomic E-state index is 10.1. The van der Waals surface area contributed by atoms with Gasteiger partial charge in [0.15, 0.2) is 0 Å². The van der Waals surface area contributed by atoms with E-state index in [1.54, 1.807) is 0 Å². The fourth-order valence-electron chi connectivity index (χ4n) is 0.268. The lowest BCUT2D eigenvalue weighted by Crippen LogP contribution is -2.08. The zero-order valence-corrected chi connectivity index (χ0v) is 6.31. The number of carbonyl (C=O) groups is 1. The lowest BCUT2D eigenvalue weighted by Gasteiger charge is -1.93. The summed E-state index contributed by atoms with van der Waals surface area (Å²) in [5.74, 6) is -0.928. The van der Waals surface area contributed by atoms with Gasteiger partial charge < -0.3 is 5.11 Å². The van der Waals surface area contributed by atoms with Crippen molar-refractivity contribution in [3.8, 4) is 0 Å². The molecule has 0 aliphatic rings. The zero-order chi connectivity index (χ0) is 7.28. The highest BCUT2D eigenvalue weighted by atomic mass is 35.7. The number of hydrogen-bond acceptors (Lipinski definition) is 2. The molecule has 0 rings (SSSR count). The van der Waals surface area contributed by atoms with Gasteiger partial charge in [0.25, 0.3) is 0 Å². The minimum atomic E-state index is -2.22. The number of carboxylic acid groups (broad SMARTS) is 1. The van der Waals surface area contributed by atoms with Crippen LogP contribution in [0.3, 0.4) is 0 Å². The van der Waals surface area contributed by atoms with E-state index in [9.17, 15) is 9.36 Å². The number of halogens is 1. The summed E-state index contributed by atoms with van der Waals surface area (Å²) in [7, 11) is -2.22. The van der Waals surface area contributed by atoms with Crippen LogP contribution in [0.2, 0.25) is 0 Å². The predicted octanol–water partition coefficient (Wildman–Crippen LogP) is 0.679. The molecule has 0 bridgehead atoms. The van der Waals surface area contributed by atoms with Crippen molar-refractivity contribution in [2.45, 2.75) is 6.42 Å². The van der Waals surface area contributed by atoms with E-state index in [4.69, 9.17) is 16.3 Å². The molecule has 0 aromatic carbocycles. The van der Waals surface area contributed by atoms with Crippen molar-refractivity contribution in [2.75, 3.05) is 6.54 Å². The zero-order valence-electron chi connectivity index (χ0n) is 4.56. The van der Waals surface area contributed by atoms with Gasteiger partial charge in [0, 0.05) is 6.54 Å². The maximum Gasteiger partial charge on any atom is 0.304 e. The number of hydrogen-bond donors (Lipinski definition) is 2. The first-order valence-electron chi connectivity index (χ1n) is 2.28. The first-order chi connectivity index (χ1) is 4.13. The van der Waals surface area contributed by atoms with Gasteiger partial charge >= 0.3 is 5.97 Å². The molecular weight excluding hydrogens is 164 g/mol. The Balaban J connectivity index is 3.10. The number of aliphatic carboxylic acids is 1. The van der Waals surface area contributed by atoms with Gasteiger partial charge in [-0.25, -0.2) is 0 Å². The third kappa shape index (κ3) is 7.95. The lowest BCUT2D eigenvalue weighted by atomic mass is 10.5. The molecule has 0 spiro atoms. The van der Waals surface area contributed by atoms with E-state index in [1.165, 1.54) is 0 Å². The smallest absolute Gasteiger partial charge is 0.304 e. The van der Waals surface area contributed by atoms with Gasteiger partial charge in [-0.05, 0) is 11.2 Å². The summed E-state index contributed by atoms with van der Waals surface area (Å²) < 4.78 is 10.1.